The monoisotopic (exact) mass is 305 g/mol. The number of thiophene rings is 1. The summed E-state index contributed by atoms with van der Waals surface area (Å²) in [6.07, 6.45) is 2.20. The molecule has 1 aliphatic heterocycles. The lowest BCUT2D eigenvalue weighted by Crippen LogP contribution is -2.34. The Morgan fingerprint density at radius 1 is 1.43 bits per heavy atom. The van der Waals surface area contributed by atoms with Crippen molar-refractivity contribution in [1.82, 2.24) is 14.7 Å². The quantitative estimate of drug-likeness (QED) is 0.850. The zero-order chi connectivity index (χ0) is 14.8. The maximum Gasteiger partial charge on any atom is 0.0736 e. The molecule has 0 spiro atoms. The van der Waals surface area contributed by atoms with Gasteiger partial charge in [-0.25, -0.2) is 0 Å². The first-order chi connectivity index (χ1) is 10.2. The molecule has 0 radical (unpaired) electrons. The predicted octanol–water partition coefficient (Wildman–Crippen LogP) is 3.02. The second-order valence-electron chi connectivity index (χ2n) is 5.73. The minimum atomic E-state index is 0.382. The van der Waals surface area contributed by atoms with Crippen LogP contribution in [-0.4, -0.2) is 34.9 Å². The lowest BCUT2D eigenvalue weighted by molar-refractivity contribution is 0.135. The first-order valence-corrected chi connectivity index (χ1v) is 8.34. The molecule has 21 heavy (non-hydrogen) atoms. The average molecular weight is 305 g/mol. The van der Waals surface area contributed by atoms with Crippen LogP contribution in [0, 0.1) is 6.92 Å². The molecule has 2 aromatic rings. The van der Waals surface area contributed by atoms with Crippen LogP contribution in [-0.2, 0) is 24.4 Å². The molecule has 3 rings (SSSR count). The van der Waals surface area contributed by atoms with E-state index < -0.39 is 0 Å². The summed E-state index contributed by atoms with van der Waals surface area (Å²) in [5, 5.41) is 4.73. The van der Waals surface area contributed by atoms with Gasteiger partial charge in [0.15, 0.2) is 0 Å². The number of hydrogen-bond acceptors (Lipinski definition) is 4. The fourth-order valence-corrected chi connectivity index (χ4v) is 3.99. The van der Waals surface area contributed by atoms with Gasteiger partial charge in [0.1, 0.15) is 0 Å². The molecule has 0 saturated heterocycles. The van der Waals surface area contributed by atoms with E-state index in [1.807, 2.05) is 16.0 Å². The summed E-state index contributed by atoms with van der Waals surface area (Å²) >= 11 is 1.89. The van der Waals surface area contributed by atoms with Crippen molar-refractivity contribution < 1.29 is 4.74 Å². The van der Waals surface area contributed by atoms with E-state index in [1.165, 1.54) is 21.0 Å². The number of aryl methyl sites for hydroxylation is 2. The largest absolute Gasteiger partial charge is 0.384 e. The lowest BCUT2D eigenvalue weighted by Gasteiger charge is -2.31. The lowest BCUT2D eigenvalue weighted by atomic mass is 9.97. The van der Waals surface area contributed by atoms with Crippen molar-refractivity contribution in [2.75, 3.05) is 20.3 Å². The Morgan fingerprint density at radius 2 is 2.29 bits per heavy atom. The van der Waals surface area contributed by atoms with Crippen LogP contribution in [0.25, 0.3) is 0 Å². The molecule has 5 heteroatoms. The summed E-state index contributed by atoms with van der Waals surface area (Å²) in [7, 11) is 1.78. The summed E-state index contributed by atoms with van der Waals surface area (Å²) in [4.78, 5) is 5.34. The van der Waals surface area contributed by atoms with E-state index in [0.717, 1.165) is 32.8 Å². The Labute approximate surface area is 130 Å². The zero-order valence-electron chi connectivity index (χ0n) is 13.0. The van der Waals surface area contributed by atoms with Crippen LogP contribution >= 0.6 is 11.3 Å². The third kappa shape index (κ3) is 3.20. The van der Waals surface area contributed by atoms with Crippen molar-refractivity contribution in [3.63, 3.8) is 0 Å². The minimum absolute atomic E-state index is 0.382. The van der Waals surface area contributed by atoms with Gasteiger partial charge in [0.2, 0.25) is 0 Å². The third-order valence-electron chi connectivity index (χ3n) is 4.00. The number of hydrogen-bond donors (Lipinski definition) is 0. The first-order valence-electron chi connectivity index (χ1n) is 7.52. The van der Waals surface area contributed by atoms with Gasteiger partial charge in [-0.15, -0.1) is 11.3 Å². The van der Waals surface area contributed by atoms with Crippen LogP contribution < -0.4 is 0 Å². The molecular weight excluding hydrogens is 282 g/mol. The first kappa shape index (κ1) is 14.8. The van der Waals surface area contributed by atoms with E-state index in [9.17, 15) is 0 Å². The topological polar surface area (TPSA) is 30.3 Å². The molecule has 0 aromatic carbocycles. The van der Waals surface area contributed by atoms with E-state index in [0.29, 0.717) is 5.92 Å². The van der Waals surface area contributed by atoms with E-state index in [-0.39, 0.29) is 0 Å². The van der Waals surface area contributed by atoms with Crippen LogP contribution in [0.1, 0.15) is 33.9 Å². The highest BCUT2D eigenvalue weighted by molar-refractivity contribution is 7.11. The number of nitrogens with zero attached hydrogens (tertiary/aromatic N) is 3. The summed E-state index contributed by atoms with van der Waals surface area (Å²) in [6, 6.07) is 4.45. The van der Waals surface area contributed by atoms with Crippen molar-refractivity contribution in [3.8, 4) is 0 Å². The van der Waals surface area contributed by atoms with Crippen molar-refractivity contribution in [1.29, 1.82) is 0 Å². The van der Waals surface area contributed by atoms with Crippen LogP contribution in [0.3, 0.4) is 0 Å². The van der Waals surface area contributed by atoms with Gasteiger partial charge in [-0.3, -0.25) is 9.58 Å². The van der Waals surface area contributed by atoms with Crippen molar-refractivity contribution in [2.24, 2.45) is 0 Å². The summed E-state index contributed by atoms with van der Waals surface area (Å²) in [5.41, 5.74) is 2.59. The Balaban J connectivity index is 1.79. The number of rotatable bonds is 5. The smallest absolute Gasteiger partial charge is 0.0736 e. The molecule has 0 aliphatic carbocycles. The molecule has 2 aromatic heterocycles. The molecule has 3 heterocycles. The van der Waals surface area contributed by atoms with E-state index >= 15 is 0 Å². The Kier molecular flexibility index (Phi) is 4.42. The Bertz CT molecular complexity index is 604. The van der Waals surface area contributed by atoms with Gasteiger partial charge in [0.25, 0.3) is 0 Å². The minimum Gasteiger partial charge on any atom is -0.384 e. The molecule has 1 aliphatic rings. The van der Waals surface area contributed by atoms with Crippen LogP contribution in [0.4, 0.5) is 0 Å². The molecule has 0 saturated carbocycles. The molecule has 0 bridgehead atoms. The molecule has 1 unspecified atom stereocenters. The fourth-order valence-electron chi connectivity index (χ4n) is 3.05. The van der Waals surface area contributed by atoms with E-state index in [4.69, 9.17) is 9.84 Å². The van der Waals surface area contributed by atoms with Gasteiger partial charge in [-0.05, 0) is 26.0 Å². The number of methoxy groups -OCH3 is 1. The van der Waals surface area contributed by atoms with Crippen molar-refractivity contribution in [2.45, 2.75) is 39.4 Å². The number of aromatic nitrogens is 2. The normalized spacial score (nSPS) is 18.9. The van der Waals surface area contributed by atoms with Gasteiger partial charge in [0, 0.05) is 60.7 Å². The average Bonchev–Trinajstić information content (AvgIpc) is 3.05. The van der Waals surface area contributed by atoms with Crippen LogP contribution in [0.15, 0.2) is 18.3 Å². The number of fused-ring (bicyclic) bond motifs is 1. The number of ether oxygens (including phenoxy) is 1. The van der Waals surface area contributed by atoms with Crippen molar-refractivity contribution >= 4 is 11.3 Å². The van der Waals surface area contributed by atoms with E-state index in [1.54, 1.807) is 7.11 Å². The maximum atomic E-state index is 5.41. The maximum absolute atomic E-state index is 5.41. The molecular formula is C16H23N3OS. The zero-order valence-corrected chi connectivity index (χ0v) is 13.8. The predicted molar refractivity (Wildman–Crippen MR) is 85.7 cm³/mol. The Morgan fingerprint density at radius 3 is 2.95 bits per heavy atom. The molecule has 0 amide bonds. The highest BCUT2D eigenvalue weighted by Crippen LogP contribution is 2.29. The molecule has 114 valence electrons. The molecule has 4 nitrogen and oxygen atoms in total. The second kappa shape index (κ2) is 6.30. The Hall–Kier alpha value is -1.17. The van der Waals surface area contributed by atoms with Crippen molar-refractivity contribution in [3.05, 3.63) is 39.3 Å². The summed E-state index contributed by atoms with van der Waals surface area (Å²) in [5.74, 6) is 0.382. The van der Waals surface area contributed by atoms with Gasteiger partial charge in [-0.2, -0.15) is 5.10 Å². The van der Waals surface area contributed by atoms with Gasteiger partial charge in [0.05, 0.1) is 12.3 Å². The molecule has 0 fully saturated rings. The fraction of sp³-hybridized carbons (Fsp3) is 0.562. The van der Waals surface area contributed by atoms with Gasteiger partial charge >= 0.3 is 0 Å². The van der Waals surface area contributed by atoms with Gasteiger partial charge < -0.3 is 4.74 Å². The van der Waals surface area contributed by atoms with Gasteiger partial charge in [-0.1, -0.05) is 0 Å². The highest BCUT2D eigenvalue weighted by Gasteiger charge is 2.28. The van der Waals surface area contributed by atoms with Crippen LogP contribution in [0.2, 0.25) is 0 Å². The summed E-state index contributed by atoms with van der Waals surface area (Å²) in [6.45, 7) is 9.02. The molecule has 0 N–H and O–H groups in total. The SMILES string of the molecule is CCn1cc2c(n1)C(COC)CN(Cc1ccc(C)s1)C2. The highest BCUT2D eigenvalue weighted by atomic mass is 32.1. The molecule has 1 atom stereocenters. The second-order valence-corrected chi connectivity index (χ2v) is 7.10. The standard InChI is InChI=1S/C16H23N3OS/c1-4-19-9-13-7-18(10-15-6-5-12(2)21-15)8-14(11-20-3)16(13)17-19/h5-6,9,14H,4,7-8,10-11H2,1-3H3. The third-order valence-corrected chi connectivity index (χ3v) is 4.98. The van der Waals surface area contributed by atoms with E-state index in [2.05, 4.69) is 37.1 Å². The van der Waals surface area contributed by atoms with Crippen LogP contribution in [0.5, 0.6) is 0 Å². The summed E-state index contributed by atoms with van der Waals surface area (Å²) < 4.78 is 7.46.